The molecule has 0 saturated carbocycles. The first-order chi connectivity index (χ1) is 13.9. The smallest absolute Gasteiger partial charge is 0.363 e. The molecular formula is C20H15F3N6. The summed E-state index contributed by atoms with van der Waals surface area (Å²) >= 11 is 0. The van der Waals surface area contributed by atoms with E-state index in [0.717, 1.165) is 23.5 Å². The van der Waals surface area contributed by atoms with Gasteiger partial charge in [-0.25, -0.2) is 24.9 Å². The predicted molar refractivity (Wildman–Crippen MR) is 102 cm³/mol. The first kappa shape index (κ1) is 18.7. The summed E-state index contributed by atoms with van der Waals surface area (Å²) in [5.74, 6) is -0.648. The summed E-state index contributed by atoms with van der Waals surface area (Å²) in [6.45, 7) is 1.79. The molecule has 146 valence electrons. The number of nitrogens with zero attached hydrogens (tertiary/aromatic N) is 5. The maximum Gasteiger partial charge on any atom is 0.451 e. The molecular weight excluding hydrogens is 381 g/mol. The molecule has 1 N–H and O–H groups in total. The molecule has 4 rings (SSSR count). The maximum absolute atomic E-state index is 12.7. The maximum atomic E-state index is 12.7. The van der Waals surface area contributed by atoms with E-state index in [2.05, 4.69) is 30.2 Å². The molecule has 0 unspecified atom stereocenters. The molecule has 29 heavy (non-hydrogen) atoms. The van der Waals surface area contributed by atoms with Crippen LogP contribution in [-0.2, 0) is 6.18 Å². The number of fused-ring (bicyclic) bond motifs is 1. The zero-order valence-corrected chi connectivity index (χ0v) is 15.2. The van der Waals surface area contributed by atoms with Gasteiger partial charge in [-0.3, -0.25) is 0 Å². The van der Waals surface area contributed by atoms with E-state index in [1.165, 1.54) is 6.33 Å². The molecule has 6 nitrogen and oxygen atoms in total. The van der Waals surface area contributed by atoms with Crippen LogP contribution >= 0.6 is 0 Å². The number of alkyl halides is 3. The van der Waals surface area contributed by atoms with Crippen molar-refractivity contribution in [3.63, 3.8) is 0 Å². The summed E-state index contributed by atoms with van der Waals surface area (Å²) in [4.78, 5) is 19.7. The third-order valence-corrected chi connectivity index (χ3v) is 4.37. The molecule has 0 radical (unpaired) electrons. The Hall–Kier alpha value is -3.62. The topological polar surface area (TPSA) is 76.5 Å². The number of hydrogen-bond acceptors (Lipinski definition) is 6. The average Bonchev–Trinajstić information content (AvgIpc) is 2.74. The summed E-state index contributed by atoms with van der Waals surface area (Å²) in [5, 5.41) is 3.89. The van der Waals surface area contributed by atoms with E-state index in [1.54, 1.807) is 13.1 Å². The molecule has 0 bridgehead atoms. The molecule has 4 aromatic rings. The number of rotatable bonds is 4. The van der Waals surface area contributed by atoms with Crippen molar-refractivity contribution in [2.24, 2.45) is 0 Å². The summed E-state index contributed by atoms with van der Waals surface area (Å²) in [6.07, 6.45) is 0.865. The lowest BCUT2D eigenvalue weighted by Crippen LogP contribution is -2.14. The van der Waals surface area contributed by atoms with Crippen LogP contribution in [0, 0.1) is 0 Å². The van der Waals surface area contributed by atoms with Crippen LogP contribution < -0.4 is 5.32 Å². The van der Waals surface area contributed by atoms with Gasteiger partial charge in [0.1, 0.15) is 12.1 Å². The Bertz CT molecular complexity index is 1130. The molecule has 0 saturated heterocycles. The molecule has 0 fully saturated rings. The normalized spacial score (nSPS) is 12.7. The van der Waals surface area contributed by atoms with Crippen LogP contribution in [0.25, 0.3) is 22.2 Å². The highest BCUT2D eigenvalue weighted by Crippen LogP contribution is 2.29. The fraction of sp³-hybridized carbons (Fsp3) is 0.150. The van der Waals surface area contributed by atoms with Gasteiger partial charge in [-0.15, -0.1) is 0 Å². The number of aromatic nitrogens is 5. The standard InChI is InChI=1S/C20H15F3N6/c1-12(15-9-25-19(26-10-15)20(21,22)23)29-18-16-7-14(13-5-3-2-4-6-13)8-24-17(16)27-11-28-18/h2-12H,1H3,(H,24,27,28,29)/t12-/m1/s1. The Balaban J connectivity index is 1.65. The molecule has 3 aromatic heterocycles. The first-order valence-corrected chi connectivity index (χ1v) is 8.73. The van der Waals surface area contributed by atoms with Gasteiger partial charge >= 0.3 is 6.18 Å². The monoisotopic (exact) mass is 396 g/mol. The van der Waals surface area contributed by atoms with E-state index < -0.39 is 12.0 Å². The van der Waals surface area contributed by atoms with Gasteiger partial charge in [0.15, 0.2) is 5.65 Å². The Morgan fingerprint density at radius 2 is 1.59 bits per heavy atom. The van der Waals surface area contributed by atoms with E-state index in [0.29, 0.717) is 22.4 Å². The van der Waals surface area contributed by atoms with Crippen LogP contribution in [0.2, 0.25) is 0 Å². The lowest BCUT2D eigenvalue weighted by Gasteiger charge is -2.16. The zero-order valence-electron chi connectivity index (χ0n) is 15.2. The third kappa shape index (κ3) is 3.98. The average molecular weight is 396 g/mol. The molecule has 0 spiro atoms. The predicted octanol–water partition coefficient (Wildman–Crippen LogP) is 4.67. The van der Waals surface area contributed by atoms with Crippen molar-refractivity contribution in [2.45, 2.75) is 19.1 Å². The Morgan fingerprint density at radius 1 is 0.862 bits per heavy atom. The van der Waals surface area contributed by atoms with Gasteiger partial charge in [0.25, 0.3) is 0 Å². The summed E-state index contributed by atoms with van der Waals surface area (Å²) in [7, 11) is 0. The lowest BCUT2D eigenvalue weighted by atomic mass is 10.1. The molecule has 1 atom stereocenters. The van der Waals surface area contributed by atoms with Crippen molar-refractivity contribution in [2.75, 3.05) is 5.32 Å². The van der Waals surface area contributed by atoms with E-state index in [9.17, 15) is 13.2 Å². The van der Waals surface area contributed by atoms with Crippen molar-refractivity contribution < 1.29 is 13.2 Å². The number of hydrogen-bond donors (Lipinski definition) is 1. The number of halogens is 3. The quantitative estimate of drug-likeness (QED) is 0.540. The molecule has 3 heterocycles. The van der Waals surface area contributed by atoms with Crippen LogP contribution in [0.5, 0.6) is 0 Å². The van der Waals surface area contributed by atoms with Crippen molar-refractivity contribution in [1.29, 1.82) is 0 Å². The minimum atomic E-state index is -4.57. The molecule has 1 aromatic carbocycles. The fourth-order valence-corrected chi connectivity index (χ4v) is 2.85. The first-order valence-electron chi connectivity index (χ1n) is 8.73. The Kier molecular flexibility index (Phi) is 4.79. The second-order valence-electron chi connectivity index (χ2n) is 6.39. The van der Waals surface area contributed by atoms with Gasteiger partial charge in [-0.1, -0.05) is 30.3 Å². The summed E-state index contributed by atoms with van der Waals surface area (Å²) in [6, 6.07) is 11.3. The van der Waals surface area contributed by atoms with E-state index in [-0.39, 0.29) is 6.04 Å². The van der Waals surface area contributed by atoms with Crippen molar-refractivity contribution in [1.82, 2.24) is 24.9 Å². The van der Waals surface area contributed by atoms with Crippen LogP contribution in [0.3, 0.4) is 0 Å². The van der Waals surface area contributed by atoms with Crippen molar-refractivity contribution in [3.8, 4) is 11.1 Å². The van der Waals surface area contributed by atoms with Gasteiger partial charge < -0.3 is 5.32 Å². The fourth-order valence-electron chi connectivity index (χ4n) is 2.85. The molecule has 0 amide bonds. The van der Waals surface area contributed by atoms with Crippen LogP contribution in [0.15, 0.2) is 61.3 Å². The molecule has 9 heteroatoms. The summed E-state index contributed by atoms with van der Waals surface area (Å²) in [5.41, 5.74) is 2.91. The number of anilines is 1. The van der Waals surface area contributed by atoms with E-state index in [4.69, 9.17) is 0 Å². The largest absolute Gasteiger partial charge is 0.451 e. The van der Waals surface area contributed by atoms with Gasteiger partial charge in [0, 0.05) is 29.7 Å². The second-order valence-corrected chi connectivity index (χ2v) is 6.39. The summed E-state index contributed by atoms with van der Waals surface area (Å²) < 4.78 is 38.0. The minimum Gasteiger partial charge on any atom is -0.363 e. The van der Waals surface area contributed by atoms with E-state index >= 15 is 0 Å². The highest BCUT2D eigenvalue weighted by molar-refractivity contribution is 5.89. The third-order valence-electron chi connectivity index (χ3n) is 4.37. The SMILES string of the molecule is C[C@@H](Nc1ncnc2ncc(-c3ccccc3)cc12)c1cnc(C(F)(F)F)nc1. The van der Waals surface area contributed by atoms with E-state index in [1.807, 2.05) is 36.4 Å². The Morgan fingerprint density at radius 3 is 2.28 bits per heavy atom. The lowest BCUT2D eigenvalue weighted by molar-refractivity contribution is -0.145. The number of benzene rings is 1. The minimum absolute atomic E-state index is 0.379. The highest BCUT2D eigenvalue weighted by atomic mass is 19.4. The highest BCUT2D eigenvalue weighted by Gasteiger charge is 2.34. The van der Waals surface area contributed by atoms with Gasteiger partial charge in [0.05, 0.1) is 11.4 Å². The number of pyridine rings is 1. The molecule has 0 aliphatic carbocycles. The zero-order chi connectivity index (χ0) is 20.4. The molecule has 0 aliphatic rings. The van der Waals surface area contributed by atoms with Gasteiger partial charge in [-0.05, 0) is 18.6 Å². The van der Waals surface area contributed by atoms with Crippen molar-refractivity contribution >= 4 is 16.9 Å². The van der Waals surface area contributed by atoms with Crippen LogP contribution in [0.1, 0.15) is 24.4 Å². The molecule has 0 aliphatic heterocycles. The van der Waals surface area contributed by atoms with Crippen LogP contribution in [0.4, 0.5) is 19.0 Å². The Labute approximate surface area is 163 Å². The second kappa shape index (κ2) is 7.42. The van der Waals surface area contributed by atoms with Gasteiger partial charge in [0.2, 0.25) is 5.82 Å². The van der Waals surface area contributed by atoms with Gasteiger partial charge in [-0.2, -0.15) is 13.2 Å². The van der Waals surface area contributed by atoms with Crippen LogP contribution in [-0.4, -0.2) is 24.9 Å². The number of nitrogens with one attached hydrogen (secondary N) is 1. The van der Waals surface area contributed by atoms with Crippen molar-refractivity contribution in [3.05, 3.63) is 72.7 Å².